The van der Waals surface area contributed by atoms with E-state index in [1.165, 1.54) is 6.92 Å². The summed E-state index contributed by atoms with van der Waals surface area (Å²) in [6.45, 7) is 9.78. The van der Waals surface area contributed by atoms with Crippen LogP contribution in [0.25, 0.3) is 5.53 Å². The topological polar surface area (TPSA) is 141 Å². The Morgan fingerprint density at radius 1 is 0.900 bits per heavy atom. The van der Waals surface area contributed by atoms with Crippen molar-refractivity contribution >= 4 is 29.7 Å². The number of hydrogen-bond acceptors (Lipinski definition) is 4. The molecule has 0 aliphatic heterocycles. The number of carbonyl (C=O) groups is 4. The van der Waals surface area contributed by atoms with Crippen molar-refractivity contribution in [2.24, 2.45) is 11.8 Å². The number of nitrogens with zero attached hydrogens (tertiary/aromatic N) is 2. The Kier molecular flexibility index (Phi) is 14.0. The monoisotopic (exact) mass is 423 g/mol. The third kappa shape index (κ3) is 13.6. The summed E-state index contributed by atoms with van der Waals surface area (Å²) in [5, 5.41) is 8.17. The van der Waals surface area contributed by atoms with Gasteiger partial charge in [-0.25, -0.2) is 0 Å². The summed E-state index contributed by atoms with van der Waals surface area (Å²) in [7, 11) is 0. The van der Waals surface area contributed by atoms with Crippen LogP contribution in [0.4, 0.5) is 0 Å². The molecular weight excluding hydrogens is 386 g/mol. The van der Waals surface area contributed by atoms with E-state index in [9.17, 15) is 19.2 Å². The number of unbranched alkanes of at least 4 members (excludes halogenated alkanes) is 2. The predicted molar refractivity (Wildman–Crippen MR) is 115 cm³/mol. The van der Waals surface area contributed by atoms with Crippen LogP contribution in [-0.2, 0) is 19.2 Å². The summed E-state index contributed by atoms with van der Waals surface area (Å²) >= 11 is 0. The number of nitrogens with one attached hydrogen (secondary N) is 3. The summed E-state index contributed by atoms with van der Waals surface area (Å²) in [5.74, 6) is -0.908. The van der Waals surface area contributed by atoms with Crippen molar-refractivity contribution in [3.05, 3.63) is 5.53 Å². The van der Waals surface area contributed by atoms with Crippen LogP contribution >= 0.6 is 0 Å². The Bertz CT molecular complexity index is 627. The van der Waals surface area contributed by atoms with Crippen molar-refractivity contribution in [2.75, 3.05) is 6.54 Å². The smallest absolute Gasteiger partial charge is 0.325 e. The molecule has 0 spiro atoms. The lowest BCUT2D eigenvalue weighted by atomic mass is 9.98. The molecule has 30 heavy (non-hydrogen) atoms. The fourth-order valence-corrected chi connectivity index (χ4v) is 2.96. The highest BCUT2D eigenvalue weighted by Gasteiger charge is 2.28. The Hall–Kier alpha value is -2.54. The van der Waals surface area contributed by atoms with Gasteiger partial charge in [0.2, 0.25) is 17.7 Å². The maximum absolute atomic E-state index is 12.8. The van der Waals surface area contributed by atoms with Crippen molar-refractivity contribution in [3.63, 3.8) is 0 Å². The quantitative estimate of drug-likeness (QED) is 0.159. The van der Waals surface area contributed by atoms with Crippen molar-refractivity contribution in [1.29, 1.82) is 0 Å². The zero-order valence-corrected chi connectivity index (χ0v) is 18.9. The molecule has 0 aromatic rings. The highest BCUT2D eigenvalue weighted by molar-refractivity contribution is 6.28. The molecule has 3 amide bonds. The average molecular weight is 424 g/mol. The van der Waals surface area contributed by atoms with Crippen LogP contribution in [0.3, 0.4) is 0 Å². The second kappa shape index (κ2) is 15.3. The second-order valence-electron chi connectivity index (χ2n) is 8.38. The molecule has 9 heteroatoms. The van der Waals surface area contributed by atoms with Gasteiger partial charge >= 0.3 is 6.21 Å². The van der Waals surface area contributed by atoms with E-state index in [1.54, 1.807) is 0 Å². The molecule has 170 valence electrons. The molecule has 9 nitrogen and oxygen atoms in total. The van der Waals surface area contributed by atoms with Crippen molar-refractivity contribution in [2.45, 2.75) is 85.2 Å². The van der Waals surface area contributed by atoms with Crippen molar-refractivity contribution < 1.29 is 24.0 Å². The second-order valence-corrected chi connectivity index (χ2v) is 8.38. The molecule has 0 radical (unpaired) electrons. The summed E-state index contributed by atoms with van der Waals surface area (Å²) in [6.07, 6.45) is 4.14. The zero-order valence-electron chi connectivity index (χ0n) is 18.9. The van der Waals surface area contributed by atoms with Crippen LogP contribution in [0.5, 0.6) is 0 Å². The molecule has 3 N–H and O–H groups in total. The molecule has 0 bridgehead atoms. The van der Waals surface area contributed by atoms with E-state index in [2.05, 4.69) is 20.7 Å². The SMILES string of the molecule is CC(=O)NCCCCCC(=O)N[C@@H](CC(C)C)C(=O)N[C@@H](CC(C)C)C(=O)C=[N+]=[N-]. The molecule has 0 saturated carbocycles. The van der Waals surface area contributed by atoms with Gasteiger partial charge < -0.3 is 21.5 Å². The molecule has 0 aromatic heterocycles. The van der Waals surface area contributed by atoms with Crippen LogP contribution in [0.15, 0.2) is 0 Å². The molecule has 0 rings (SSSR count). The first-order valence-corrected chi connectivity index (χ1v) is 10.6. The Morgan fingerprint density at radius 2 is 1.50 bits per heavy atom. The molecule has 0 aromatic carbocycles. The van der Waals surface area contributed by atoms with Gasteiger partial charge in [-0.3, -0.25) is 19.2 Å². The molecule has 0 aliphatic carbocycles. The third-order valence-corrected chi connectivity index (χ3v) is 4.37. The summed E-state index contributed by atoms with van der Waals surface area (Å²) < 4.78 is 0. The third-order valence-electron chi connectivity index (χ3n) is 4.37. The standard InChI is InChI=1S/C21H37N5O4/c1-14(2)11-17(19(28)13-24-22)26-21(30)18(12-15(3)4)25-20(29)9-7-6-8-10-23-16(5)27/h13-15,17-18H,6-12H2,1-5H3,(H,23,27)(H,25,29)(H,26,30)/t17-,18-/m0/s1. The highest BCUT2D eigenvalue weighted by Crippen LogP contribution is 2.10. The van der Waals surface area contributed by atoms with Gasteiger partial charge in [0.1, 0.15) is 6.04 Å². The van der Waals surface area contributed by atoms with Gasteiger partial charge in [0.25, 0.3) is 5.78 Å². The van der Waals surface area contributed by atoms with E-state index >= 15 is 0 Å². The largest absolute Gasteiger partial charge is 0.361 e. The summed E-state index contributed by atoms with van der Waals surface area (Å²) in [4.78, 5) is 50.8. The van der Waals surface area contributed by atoms with Crippen molar-refractivity contribution in [1.82, 2.24) is 16.0 Å². The van der Waals surface area contributed by atoms with Gasteiger partial charge in [-0.2, -0.15) is 4.79 Å². The molecule has 0 heterocycles. The van der Waals surface area contributed by atoms with Gasteiger partial charge in [0, 0.05) is 19.9 Å². The number of rotatable bonds is 15. The van der Waals surface area contributed by atoms with E-state index in [-0.39, 0.29) is 30.1 Å². The Morgan fingerprint density at radius 3 is 2.03 bits per heavy atom. The van der Waals surface area contributed by atoms with Gasteiger partial charge in [-0.05, 0) is 37.5 Å². The van der Waals surface area contributed by atoms with Gasteiger partial charge in [0.15, 0.2) is 0 Å². The van der Waals surface area contributed by atoms with Gasteiger partial charge in [-0.15, -0.1) is 0 Å². The zero-order chi connectivity index (χ0) is 23.1. The summed E-state index contributed by atoms with van der Waals surface area (Å²) in [5.41, 5.74) is 8.62. The minimum Gasteiger partial charge on any atom is -0.361 e. The van der Waals surface area contributed by atoms with Crippen LogP contribution in [-0.4, -0.2) is 53.1 Å². The van der Waals surface area contributed by atoms with E-state index in [1.807, 2.05) is 27.7 Å². The minimum atomic E-state index is -0.811. The number of amides is 3. The fourth-order valence-electron chi connectivity index (χ4n) is 2.96. The first-order valence-electron chi connectivity index (χ1n) is 10.6. The molecule has 0 fully saturated rings. The van der Waals surface area contributed by atoms with Crippen LogP contribution in [0, 0.1) is 11.8 Å². The molecule has 0 saturated heterocycles. The molecule has 2 atom stereocenters. The van der Waals surface area contributed by atoms with Gasteiger partial charge in [0.05, 0.1) is 6.04 Å². The predicted octanol–water partition coefficient (Wildman–Crippen LogP) is 1.61. The fraction of sp³-hybridized carbons (Fsp3) is 0.762. The summed E-state index contributed by atoms with van der Waals surface area (Å²) in [6, 6.07) is -1.56. The van der Waals surface area contributed by atoms with E-state index in [0.29, 0.717) is 25.8 Å². The lowest BCUT2D eigenvalue weighted by Crippen LogP contribution is -2.52. The first kappa shape index (κ1) is 27.5. The van der Waals surface area contributed by atoms with E-state index < -0.39 is 23.8 Å². The van der Waals surface area contributed by atoms with Crippen LogP contribution in [0.2, 0.25) is 0 Å². The van der Waals surface area contributed by atoms with Crippen molar-refractivity contribution in [3.8, 4) is 0 Å². The maximum atomic E-state index is 12.8. The van der Waals surface area contributed by atoms with Crippen LogP contribution < -0.4 is 16.0 Å². The number of carbonyl (C=O) groups excluding carboxylic acids is 4. The number of ketones is 1. The maximum Gasteiger partial charge on any atom is 0.325 e. The first-order chi connectivity index (χ1) is 14.1. The number of Topliss-reactive ketones (excluding diaryl/α,β-unsaturated/α-hetero) is 1. The minimum absolute atomic E-state index is 0.0743. The van der Waals surface area contributed by atoms with E-state index in [4.69, 9.17) is 5.53 Å². The average Bonchev–Trinajstić information content (AvgIpc) is 2.62. The molecule has 0 aliphatic rings. The van der Waals surface area contributed by atoms with E-state index in [0.717, 1.165) is 19.1 Å². The lowest BCUT2D eigenvalue weighted by Gasteiger charge is -2.23. The number of hydrogen-bond donors (Lipinski definition) is 3. The Labute approximate surface area is 179 Å². The normalized spacial score (nSPS) is 12.6. The molecular formula is C21H37N5O4. The highest BCUT2D eigenvalue weighted by atomic mass is 16.2. The lowest BCUT2D eigenvalue weighted by molar-refractivity contribution is -0.131. The van der Waals surface area contributed by atoms with Gasteiger partial charge in [-0.1, -0.05) is 34.1 Å². The Balaban J connectivity index is 4.80. The van der Waals surface area contributed by atoms with Crippen LogP contribution in [0.1, 0.15) is 73.1 Å². The molecule has 0 unspecified atom stereocenters.